The van der Waals surface area contributed by atoms with Crippen molar-refractivity contribution in [2.24, 2.45) is 0 Å². The van der Waals surface area contributed by atoms with E-state index in [0.29, 0.717) is 6.61 Å². The Balaban J connectivity index is 2.26. The molecule has 0 saturated carbocycles. The van der Waals surface area contributed by atoms with Crippen LogP contribution in [0.2, 0.25) is 0 Å². The minimum Gasteiger partial charge on any atom is -0.380 e. The summed E-state index contributed by atoms with van der Waals surface area (Å²) in [6.07, 6.45) is 1.01. The van der Waals surface area contributed by atoms with Gasteiger partial charge in [0.15, 0.2) is 0 Å². The third-order valence-electron chi connectivity index (χ3n) is 3.42. The van der Waals surface area contributed by atoms with E-state index in [1.807, 2.05) is 12.1 Å². The number of anilines is 1. The van der Waals surface area contributed by atoms with E-state index in [1.54, 1.807) is 7.11 Å². The first-order valence-electron chi connectivity index (χ1n) is 6.94. The number of halogens is 2. The highest BCUT2D eigenvalue weighted by molar-refractivity contribution is 9.10. The molecule has 2 aromatic rings. The molecule has 2 rings (SSSR count). The summed E-state index contributed by atoms with van der Waals surface area (Å²) in [5.41, 5.74) is 3.54. The van der Waals surface area contributed by atoms with Crippen LogP contribution in [0, 0.1) is 0 Å². The molecule has 0 bridgehead atoms. The number of ether oxygens (including phenoxy) is 1. The Morgan fingerprint density at radius 1 is 1.10 bits per heavy atom. The summed E-state index contributed by atoms with van der Waals surface area (Å²) >= 11 is 7.08. The van der Waals surface area contributed by atoms with Gasteiger partial charge in [-0.15, -0.1) is 0 Å². The van der Waals surface area contributed by atoms with Gasteiger partial charge in [-0.3, -0.25) is 0 Å². The highest BCUT2D eigenvalue weighted by Gasteiger charge is 2.13. The van der Waals surface area contributed by atoms with Gasteiger partial charge in [0.2, 0.25) is 0 Å². The van der Waals surface area contributed by atoms with Gasteiger partial charge in [-0.25, -0.2) is 0 Å². The lowest BCUT2D eigenvalue weighted by molar-refractivity contribution is 0.185. The predicted octanol–water partition coefficient (Wildman–Crippen LogP) is 5.92. The molecular weight excluding hydrogens is 394 g/mol. The fourth-order valence-electron chi connectivity index (χ4n) is 2.29. The Morgan fingerprint density at radius 3 is 2.43 bits per heavy atom. The minimum absolute atomic E-state index is 0.281. The van der Waals surface area contributed by atoms with Crippen LogP contribution < -0.4 is 5.32 Å². The number of hydrogen-bond acceptors (Lipinski definition) is 2. The molecular formula is C17H19Br2NO. The van der Waals surface area contributed by atoms with Crippen LogP contribution in [0.15, 0.2) is 51.4 Å². The lowest BCUT2D eigenvalue weighted by atomic mass is 10.0. The van der Waals surface area contributed by atoms with Gasteiger partial charge in [-0.1, -0.05) is 57.0 Å². The Labute approximate surface area is 143 Å². The highest BCUT2D eigenvalue weighted by Crippen LogP contribution is 2.30. The van der Waals surface area contributed by atoms with Gasteiger partial charge in [0, 0.05) is 27.3 Å². The van der Waals surface area contributed by atoms with Crippen molar-refractivity contribution in [3.63, 3.8) is 0 Å². The van der Waals surface area contributed by atoms with Crippen molar-refractivity contribution in [1.82, 2.24) is 0 Å². The molecule has 0 aliphatic heterocycles. The van der Waals surface area contributed by atoms with Crippen LogP contribution in [0.1, 0.15) is 30.5 Å². The molecule has 2 aromatic carbocycles. The molecule has 0 spiro atoms. The lowest BCUT2D eigenvalue weighted by Gasteiger charge is -2.21. The normalized spacial score (nSPS) is 12.2. The molecule has 0 saturated heterocycles. The van der Waals surface area contributed by atoms with Crippen molar-refractivity contribution in [3.8, 4) is 0 Å². The number of rotatable bonds is 6. The Bertz CT molecular complexity index is 584. The standard InChI is InChI=1S/C17H19Br2NO/c1-3-16(12-7-9-13(18)10-8-12)20-17-6-4-5-15(19)14(17)11-21-2/h4-10,16,20H,3,11H2,1-2H3. The van der Waals surface area contributed by atoms with E-state index in [1.165, 1.54) is 5.56 Å². The number of benzene rings is 2. The Kier molecular flexibility index (Phi) is 6.27. The fourth-order valence-corrected chi connectivity index (χ4v) is 3.03. The fraction of sp³-hybridized carbons (Fsp3) is 0.294. The third-order valence-corrected chi connectivity index (χ3v) is 4.69. The Hall–Kier alpha value is -0.840. The van der Waals surface area contributed by atoms with Gasteiger partial charge in [-0.2, -0.15) is 0 Å². The SMILES string of the molecule is CCC(Nc1cccc(Br)c1COC)c1ccc(Br)cc1. The van der Waals surface area contributed by atoms with Gasteiger partial charge >= 0.3 is 0 Å². The molecule has 1 atom stereocenters. The molecule has 0 aliphatic rings. The average Bonchev–Trinajstić information content (AvgIpc) is 2.49. The average molecular weight is 413 g/mol. The van der Waals surface area contributed by atoms with Crippen LogP contribution in [0.5, 0.6) is 0 Å². The van der Waals surface area contributed by atoms with Gasteiger partial charge in [0.05, 0.1) is 12.6 Å². The molecule has 0 radical (unpaired) electrons. The quantitative estimate of drug-likeness (QED) is 0.635. The second-order valence-electron chi connectivity index (χ2n) is 4.86. The number of hydrogen-bond donors (Lipinski definition) is 1. The first-order chi connectivity index (χ1) is 10.2. The summed E-state index contributed by atoms with van der Waals surface area (Å²) in [4.78, 5) is 0. The monoisotopic (exact) mass is 411 g/mol. The zero-order chi connectivity index (χ0) is 15.2. The maximum Gasteiger partial charge on any atom is 0.0744 e. The second-order valence-corrected chi connectivity index (χ2v) is 6.63. The van der Waals surface area contributed by atoms with E-state index in [2.05, 4.69) is 74.4 Å². The van der Waals surface area contributed by atoms with E-state index in [0.717, 1.165) is 26.6 Å². The second kappa shape index (κ2) is 7.97. The lowest BCUT2D eigenvalue weighted by Crippen LogP contribution is -2.11. The number of methoxy groups -OCH3 is 1. The van der Waals surface area contributed by atoms with E-state index in [-0.39, 0.29) is 6.04 Å². The van der Waals surface area contributed by atoms with E-state index >= 15 is 0 Å². The molecule has 21 heavy (non-hydrogen) atoms. The highest BCUT2D eigenvalue weighted by atomic mass is 79.9. The molecule has 0 amide bonds. The predicted molar refractivity (Wildman–Crippen MR) is 95.7 cm³/mol. The smallest absolute Gasteiger partial charge is 0.0744 e. The van der Waals surface area contributed by atoms with E-state index in [4.69, 9.17) is 4.74 Å². The summed E-state index contributed by atoms with van der Waals surface area (Å²) in [5.74, 6) is 0. The van der Waals surface area contributed by atoms with Crippen molar-refractivity contribution in [3.05, 3.63) is 62.5 Å². The van der Waals surface area contributed by atoms with Gasteiger partial charge in [0.25, 0.3) is 0 Å². The van der Waals surface area contributed by atoms with Gasteiger partial charge in [-0.05, 0) is 36.2 Å². The summed E-state index contributed by atoms with van der Waals surface area (Å²) in [5, 5.41) is 3.63. The summed E-state index contributed by atoms with van der Waals surface area (Å²) < 4.78 is 7.48. The van der Waals surface area contributed by atoms with Crippen LogP contribution in [0.3, 0.4) is 0 Å². The summed E-state index contributed by atoms with van der Waals surface area (Å²) in [7, 11) is 1.72. The van der Waals surface area contributed by atoms with Crippen LogP contribution >= 0.6 is 31.9 Å². The zero-order valence-electron chi connectivity index (χ0n) is 12.2. The van der Waals surface area contributed by atoms with Crippen molar-refractivity contribution in [1.29, 1.82) is 0 Å². The van der Waals surface area contributed by atoms with Crippen molar-refractivity contribution in [2.45, 2.75) is 26.0 Å². The van der Waals surface area contributed by atoms with Gasteiger partial charge in [0.1, 0.15) is 0 Å². The van der Waals surface area contributed by atoms with E-state index < -0.39 is 0 Å². The largest absolute Gasteiger partial charge is 0.380 e. The molecule has 4 heteroatoms. The molecule has 1 N–H and O–H groups in total. The minimum atomic E-state index is 0.281. The molecule has 0 fully saturated rings. The molecule has 0 heterocycles. The summed E-state index contributed by atoms with van der Waals surface area (Å²) in [6, 6.07) is 14.9. The number of nitrogens with one attached hydrogen (secondary N) is 1. The molecule has 0 aromatic heterocycles. The molecule has 2 nitrogen and oxygen atoms in total. The van der Waals surface area contributed by atoms with Crippen LogP contribution in [-0.2, 0) is 11.3 Å². The van der Waals surface area contributed by atoms with E-state index in [9.17, 15) is 0 Å². The maximum atomic E-state index is 5.31. The van der Waals surface area contributed by atoms with Crippen molar-refractivity contribution >= 4 is 37.5 Å². The van der Waals surface area contributed by atoms with Crippen molar-refractivity contribution < 1.29 is 4.74 Å². The van der Waals surface area contributed by atoms with Crippen LogP contribution in [0.25, 0.3) is 0 Å². The Morgan fingerprint density at radius 2 is 1.81 bits per heavy atom. The van der Waals surface area contributed by atoms with Gasteiger partial charge < -0.3 is 10.1 Å². The topological polar surface area (TPSA) is 21.3 Å². The molecule has 0 aliphatic carbocycles. The third kappa shape index (κ3) is 4.31. The maximum absolute atomic E-state index is 5.31. The zero-order valence-corrected chi connectivity index (χ0v) is 15.4. The first-order valence-corrected chi connectivity index (χ1v) is 8.52. The summed E-state index contributed by atoms with van der Waals surface area (Å²) in [6.45, 7) is 2.77. The molecule has 112 valence electrons. The van der Waals surface area contributed by atoms with Crippen LogP contribution in [0.4, 0.5) is 5.69 Å². The van der Waals surface area contributed by atoms with Crippen LogP contribution in [-0.4, -0.2) is 7.11 Å². The first kappa shape index (κ1) is 16.5. The van der Waals surface area contributed by atoms with Crippen molar-refractivity contribution in [2.75, 3.05) is 12.4 Å². The molecule has 1 unspecified atom stereocenters.